The van der Waals surface area contributed by atoms with E-state index in [1.165, 1.54) is 5.56 Å². The molecule has 0 bridgehead atoms. The van der Waals surface area contributed by atoms with Crippen molar-refractivity contribution in [2.24, 2.45) is 0 Å². The molecule has 2 N–H and O–H groups in total. The summed E-state index contributed by atoms with van der Waals surface area (Å²) in [6, 6.07) is 15.6. The maximum Gasteiger partial charge on any atom is 0.201 e. The van der Waals surface area contributed by atoms with E-state index in [0.717, 1.165) is 10.5 Å². The van der Waals surface area contributed by atoms with E-state index in [9.17, 15) is 0 Å². The Bertz CT molecular complexity index is 872. The van der Waals surface area contributed by atoms with Gasteiger partial charge in [0, 0.05) is 17.0 Å². The van der Waals surface area contributed by atoms with Crippen LogP contribution in [0.2, 0.25) is 5.02 Å². The molecule has 1 heterocycles. The van der Waals surface area contributed by atoms with Gasteiger partial charge in [-0.25, -0.2) is 4.98 Å². The van der Waals surface area contributed by atoms with Crippen molar-refractivity contribution in [3.63, 3.8) is 0 Å². The summed E-state index contributed by atoms with van der Waals surface area (Å²) >= 11 is 5.95. The molecular formula is C18H17ClN4. The fraction of sp³-hybridized carbons (Fsp3) is 0.222. The molecule has 0 aliphatic carbocycles. The molecule has 3 aromatic rings. The topological polar surface area (TPSA) is 64.5 Å². The summed E-state index contributed by atoms with van der Waals surface area (Å²) in [6.07, 6.45) is 0. The number of halogens is 1. The van der Waals surface area contributed by atoms with E-state index in [2.05, 4.69) is 35.2 Å². The van der Waals surface area contributed by atoms with E-state index in [4.69, 9.17) is 16.9 Å². The van der Waals surface area contributed by atoms with Gasteiger partial charge in [0.25, 0.3) is 0 Å². The van der Waals surface area contributed by atoms with Crippen LogP contribution >= 0.6 is 11.6 Å². The Morgan fingerprint density at radius 2 is 1.96 bits per heavy atom. The van der Waals surface area contributed by atoms with E-state index < -0.39 is 0 Å². The lowest BCUT2D eigenvalue weighted by molar-refractivity contribution is 0.555. The van der Waals surface area contributed by atoms with Crippen LogP contribution in [0.25, 0.3) is 11.0 Å². The van der Waals surface area contributed by atoms with Crippen LogP contribution in [0.3, 0.4) is 0 Å². The molecule has 0 radical (unpaired) electrons. The number of fused-ring (bicyclic) bond motifs is 1. The molecule has 0 saturated carbocycles. The maximum atomic E-state index is 9.14. The van der Waals surface area contributed by atoms with Crippen molar-refractivity contribution in [1.29, 1.82) is 5.26 Å². The number of nitrogens with one attached hydrogen (secondary N) is 2. The molecule has 0 amide bonds. The Labute approximate surface area is 140 Å². The lowest BCUT2D eigenvalue weighted by Crippen LogP contribution is -2.27. The molecule has 5 heteroatoms. The Balaban J connectivity index is 1.80. The van der Waals surface area contributed by atoms with Crippen LogP contribution in [-0.2, 0) is 5.41 Å². The number of hydrogen-bond acceptors (Lipinski definition) is 3. The van der Waals surface area contributed by atoms with Gasteiger partial charge < -0.3 is 10.3 Å². The summed E-state index contributed by atoms with van der Waals surface area (Å²) in [5.41, 5.74) is 3.24. The van der Waals surface area contributed by atoms with Gasteiger partial charge in [-0.1, -0.05) is 43.6 Å². The van der Waals surface area contributed by atoms with Crippen molar-refractivity contribution in [3.05, 3.63) is 58.6 Å². The van der Waals surface area contributed by atoms with Gasteiger partial charge >= 0.3 is 0 Å². The van der Waals surface area contributed by atoms with Crippen LogP contribution in [0.1, 0.15) is 25.0 Å². The Morgan fingerprint density at radius 1 is 1.22 bits per heavy atom. The highest BCUT2D eigenvalue weighted by molar-refractivity contribution is 6.30. The number of anilines is 1. The quantitative estimate of drug-likeness (QED) is 0.743. The average Bonchev–Trinajstić information content (AvgIpc) is 2.96. The van der Waals surface area contributed by atoms with Crippen LogP contribution in [0.5, 0.6) is 0 Å². The minimum absolute atomic E-state index is 0.0817. The molecule has 0 unspecified atom stereocenters. The number of aromatic nitrogens is 2. The molecule has 0 aliphatic heterocycles. The van der Waals surface area contributed by atoms with Crippen molar-refractivity contribution in [1.82, 2.24) is 9.97 Å². The predicted molar refractivity (Wildman–Crippen MR) is 93.8 cm³/mol. The van der Waals surface area contributed by atoms with Gasteiger partial charge in [-0.3, -0.25) is 0 Å². The third kappa shape index (κ3) is 3.15. The Hall–Kier alpha value is -2.51. The molecule has 0 saturated heterocycles. The first kappa shape index (κ1) is 15.4. The minimum Gasteiger partial charge on any atom is -0.355 e. The first-order valence-electron chi connectivity index (χ1n) is 7.38. The van der Waals surface area contributed by atoms with Crippen molar-refractivity contribution < 1.29 is 0 Å². The summed E-state index contributed by atoms with van der Waals surface area (Å²) in [5, 5.41) is 13.2. The summed E-state index contributed by atoms with van der Waals surface area (Å²) in [5.74, 6) is 0.671. The summed E-state index contributed by atoms with van der Waals surface area (Å²) in [4.78, 5) is 7.69. The first-order chi connectivity index (χ1) is 11.0. The standard InChI is InChI=1S/C18H17ClN4/c1-18(2,13-6-8-14(19)9-7-13)11-21-17-22-15-5-3-4-12(10-20)16(15)23-17/h3-9H,11H2,1-2H3,(H2,21,22,23). The monoisotopic (exact) mass is 324 g/mol. The number of rotatable bonds is 4. The Morgan fingerprint density at radius 3 is 2.65 bits per heavy atom. The van der Waals surface area contributed by atoms with Gasteiger partial charge in [0.2, 0.25) is 5.95 Å². The second-order valence-corrected chi connectivity index (χ2v) is 6.58. The van der Waals surface area contributed by atoms with Crippen LogP contribution in [0.4, 0.5) is 5.95 Å². The highest BCUT2D eigenvalue weighted by atomic mass is 35.5. The van der Waals surface area contributed by atoms with E-state index in [1.54, 1.807) is 6.07 Å². The third-order valence-electron chi connectivity index (χ3n) is 3.96. The van der Waals surface area contributed by atoms with Crippen LogP contribution in [0, 0.1) is 11.3 Å². The van der Waals surface area contributed by atoms with Crippen molar-refractivity contribution in [3.8, 4) is 6.07 Å². The highest BCUT2D eigenvalue weighted by Gasteiger charge is 2.21. The zero-order valence-electron chi connectivity index (χ0n) is 13.0. The molecule has 0 fully saturated rings. The van der Waals surface area contributed by atoms with E-state index in [1.807, 2.05) is 36.4 Å². The largest absolute Gasteiger partial charge is 0.355 e. The highest BCUT2D eigenvalue weighted by Crippen LogP contribution is 2.25. The van der Waals surface area contributed by atoms with Crippen molar-refractivity contribution in [2.75, 3.05) is 11.9 Å². The predicted octanol–water partition coefficient (Wildman–Crippen LogP) is 4.48. The first-order valence-corrected chi connectivity index (χ1v) is 7.76. The van der Waals surface area contributed by atoms with Crippen molar-refractivity contribution >= 4 is 28.6 Å². The fourth-order valence-electron chi connectivity index (χ4n) is 2.51. The molecule has 23 heavy (non-hydrogen) atoms. The number of imidazole rings is 1. The van der Waals surface area contributed by atoms with E-state index in [0.29, 0.717) is 23.6 Å². The van der Waals surface area contributed by atoms with E-state index >= 15 is 0 Å². The number of nitrogens with zero attached hydrogens (tertiary/aromatic N) is 2. The number of benzene rings is 2. The van der Waals surface area contributed by atoms with Gasteiger partial charge in [0.15, 0.2) is 0 Å². The Kier molecular flexibility index (Phi) is 3.97. The van der Waals surface area contributed by atoms with Gasteiger partial charge in [-0.2, -0.15) is 5.26 Å². The normalized spacial score (nSPS) is 11.4. The molecule has 0 spiro atoms. The smallest absolute Gasteiger partial charge is 0.201 e. The maximum absolute atomic E-state index is 9.14. The molecule has 2 aromatic carbocycles. The molecule has 4 nitrogen and oxygen atoms in total. The van der Waals surface area contributed by atoms with Gasteiger partial charge in [0.1, 0.15) is 11.6 Å². The molecule has 3 rings (SSSR count). The molecule has 116 valence electrons. The zero-order valence-corrected chi connectivity index (χ0v) is 13.8. The number of H-pyrrole nitrogens is 1. The SMILES string of the molecule is CC(C)(CNc1nc2c(C#N)cccc2[nH]1)c1ccc(Cl)cc1. The lowest BCUT2D eigenvalue weighted by atomic mass is 9.85. The van der Waals surface area contributed by atoms with Crippen LogP contribution in [0.15, 0.2) is 42.5 Å². The second-order valence-electron chi connectivity index (χ2n) is 6.14. The molecule has 0 atom stereocenters. The lowest BCUT2D eigenvalue weighted by Gasteiger charge is -2.25. The number of para-hydroxylation sites is 1. The minimum atomic E-state index is -0.0817. The van der Waals surface area contributed by atoms with Gasteiger partial charge in [-0.05, 0) is 29.8 Å². The average molecular weight is 325 g/mol. The molecule has 1 aromatic heterocycles. The second kappa shape index (κ2) is 5.94. The summed E-state index contributed by atoms with van der Waals surface area (Å²) < 4.78 is 0. The number of nitriles is 1. The fourth-order valence-corrected chi connectivity index (χ4v) is 2.64. The van der Waals surface area contributed by atoms with Crippen LogP contribution < -0.4 is 5.32 Å². The number of aromatic amines is 1. The molecule has 0 aliphatic rings. The summed E-state index contributed by atoms with van der Waals surface area (Å²) in [7, 11) is 0. The van der Waals surface area contributed by atoms with Gasteiger partial charge in [-0.15, -0.1) is 0 Å². The zero-order chi connectivity index (χ0) is 16.4. The van der Waals surface area contributed by atoms with E-state index in [-0.39, 0.29) is 5.41 Å². The van der Waals surface area contributed by atoms with Gasteiger partial charge in [0.05, 0.1) is 11.1 Å². The summed E-state index contributed by atoms with van der Waals surface area (Å²) in [6.45, 7) is 5.02. The van der Waals surface area contributed by atoms with Crippen LogP contribution in [-0.4, -0.2) is 16.5 Å². The third-order valence-corrected chi connectivity index (χ3v) is 4.21. The van der Waals surface area contributed by atoms with Crippen molar-refractivity contribution in [2.45, 2.75) is 19.3 Å². The molecular weight excluding hydrogens is 308 g/mol. The number of hydrogen-bond donors (Lipinski definition) is 2.